The summed E-state index contributed by atoms with van der Waals surface area (Å²) in [5.74, 6) is 0. The van der Waals surface area contributed by atoms with Gasteiger partial charge >= 0.3 is 0 Å². The maximum absolute atomic E-state index is 2.42. The van der Waals surface area contributed by atoms with Gasteiger partial charge < -0.3 is 4.57 Å². The lowest BCUT2D eigenvalue weighted by atomic mass is 9.79. The van der Waals surface area contributed by atoms with E-state index in [1.165, 1.54) is 17.0 Å². The van der Waals surface area contributed by atoms with Gasteiger partial charge in [-0.3, -0.25) is 0 Å². The number of aromatic nitrogens is 1. The lowest BCUT2D eigenvalue weighted by molar-refractivity contribution is 0.482. The number of rotatable bonds is 0. The first kappa shape index (κ1) is 15.3. The van der Waals surface area contributed by atoms with Crippen LogP contribution >= 0.6 is 0 Å². The molecule has 1 nitrogen and oxygen atoms in total. The third-order valence-electron chi connectivity index (χ3n) is 3.52. The van der Waals surface area contributed by atoms with E-state index in [2.05, 4.69) is 80.0 Å². The minimum absolute atomic E-state index is 0.181. The molecule has 0 N–H and O–H groups in total. The molecule has 1 aromatic rings. The van der Waals surface area contributed by atoms with Gasteiger partial charge in [0.1, 0.15) is 0 Å². The van der Waals surface area contributed by atoms with Gasteiger partial charge in [-0.25, -0.2) is 0 Å². The molecule has 1 rings (SSSR count). The molecule has 0 saturated heterocycles. The monoisotopic (exact) mass is 249 g/mol. The zero-order valence-corrected chi connectivity index (χ0v) is 14.0. The summed E-state index contributed by atoms with van der Waals surface area (Å²) in [4.78, 5) is 0. The van der Waals surface area contributed by atoms with Crippen molar-refractivity contribution in [2.24, 2.45) is 7.05 Å². The molecule has 0 aromatic carbocycles. The fraction of sp³-hybridized carbons (Fsp3) is 0.765. The average Bonchev–Trinajstić information content (AvgIpc) is 2.39. The predicted molar refractivity (Wildman–Crippen MR) is 81.5 cm³/mol. The molecule has 1 heterocycles. The highest BCUT2D eigenvalue weighted by Gasteiger charge is 2.32. The van der Waals surface area contributed by atoms with E-state index in [0.717, 1.165) is 0 Å². The van der Waals surface area contributed by atoms with Crippen molar-refractivity contribution in [2.75, 3.05) is 0 Å². The molecular weight excluding hydrogens is 218 g/mol. The summed E-state index contributed by atoms with van der Waals surface area (Å²) in [5, 5.41) is 0. The summed E-state index contributed by atoms with van der Waals surface area (Å²) in [6, 6.07) is 2.42. The first-order valence-corrected chi connectivity index (χ1v) is 6.97. The number of nitrogens with zero attached hydrogens (tertiary/aromatic N) is 1. The highest BCUT2D eigenvalue weighted by molar-refractivity contribution is 5.39. The number of hydrogen-bond donors (Lipinski definition) is 0. The van der Waals surface area contributed by atoms with Crippen molar-refractivity contribution in [1.82, 2.24) is 4.57 Å². The Bertz CT molecular complexity index is 428. The molecule has 104 valence electrons. The van der Waals surface area contributed by atoms with Crippen LogP contribution in [0.15, 0.2) is 6.07 Å². The first-order chi connectivity index (χ1) is 7.76. The fourth-order valence-corrected chi connectivity index (χ4v) is 2.80. The van der Waals surface area contributed by atoms with Gasteiger partial charge in [0.05, 0.1) is 0 Å². The van der Waals surface area contributed by atoms with Crippen LogP contribution < -0.4 is 0 Å². The van der Waals surface area contributed by atoms with Gasteiger partial charge in [0, 0.05) is 29.3 Å². The van der Waals surface area contributed by atoms with E-state index in [0.29, 0.717) is 0 Å². The topological polar surface area (TPSA) is 4.93 Å². The van der Waals surface area contributed by atoms with Crippen molar-refractivity contribution >= 4 is 0 Å². The maximum atomic E-state index is 2.42. The molecule has 0 amide bonds. The lowest BCUT2D eigenvalue weighted by Gasteiger charge is -2.29. The Hall–Kier alpha value is -0.720. The predicted octanol–water partition coefficient (Wildman–Crippen LogP) is 4.92. The van der Waals surface area contributed by atoms with Crippen LogP contribution in [0.5, 0.6) is 0 Å². The van der Waals surface area contributed by atoms with Gasteiger partial charge in [0.2, 0.25) is 0 Å². The second-order valence-electron chi connectivity index (χ2n) is 8.60. The van der Waals surface area contributed by atoms with Gasteiger partial charge in [-0.1, -0.05) is 62.3 Å². The fourth-order valence-electron chi connectivity index (χ4n) is 2.80. The number of hydrogen-bond acceptors (Lipinski definition) is 0. The molecule has 0 saturated carbocycles. The molecule has 0 fully saturated rings. The smallest absolute Gasteiger partial charge is 0.0265 e. The minimum Gasteiger partial charge on any atom is -0.350 e. The summed E-state index contributed by atoms with van der Waals surface area (Å²) in [6.07, 6.45) is 0. The third-order valence-corrected chi connectivity index (χ3v) is 3.52. The van der Waals surface area contributed by atoms with Gasteiger partial charge in [0.15, 0.2) is 0 Å². The molecule has 1 aromatic heterocycles. The normalized spacial score (nSPS) is 14.1. The maximum Gasteiger partial charge on any atom is 0.0265 e. The molecular formula is C17H31N. The van der Waals surface area contributed by atoms with Crippen LogP contribution in [0.3, 0.4) is 0 Å². The van der Waals surface area contributed by atoms with Crippen molar-refractivity contribution in [3.8, 4) is 0 Å². The molecule has 0 aliphatic carbocycles. The van der Waals surface area contributed by atoms with Crippen molar-refractivity contribution in [3.63, 3.8) is 0 Å². The van der Waals surface area contributed by atoms with E-state index >= 15 is 0 Å². The van der Waals surface area contributed by atoms with Crippen LogP contribution in [0.25, 0.3) is 0 Å². The Morgan fingerprint density at radius 3 is 1.39 bits per heavy atom. The minimum atomic E-state index is 0.181. The van der Waals surface area contributed by atoms with Crippen LogP contribution in [-0.2, 0) is 23.3 Å². The van der Waals surface area contributed by atoms with Crippen molar-refractivity contribution < 1.29 is 0 Å². The molecule has 0 aliphatic heterocycles. The van der Waals surface area contributed by atoms with E-state index in [1.54, 1.807) is 0 Å². The molecule has 0 atom stereocenters. The Labute approximate surface area is 114 Å². The highest BCUT2D eigenvalue weighted by Crippen LogP contribution is 2.38. The summed E-state index contributed by atoms with van der Waals surface area (Å²) in [6.45, 7) is 20.7. The Kier molecular flexibility index (Phi) is 3.53. The Balaban J connectivity index is 3.63. The van der Waals surface area contributed by atoms with Crippen LogP contribution in [0.1, 0.15) is 79.3 Å². The van der Waals surface area contributed by atoms with Crippen LogP contribution in [0, 0.1) is 0 Å². The van der Waals surface area contributed by atoms with Crippen LogP contribution in [0.2, 0.25) is 0 Å². The Morgan fingerprint density at radius 2 is 1.17 bits per heavy atom. The first-order valence-electron chi connectivity index (χ1n) is 6.97. The zero-order chi connectivity index (χ0) is 14.5. The average molecular weight is 249 g/mol. The standard InChI is InChI=1S/C17H31N/c1-15(2,3)12-11-13(16(4,5)6)18(10)14(12)17(7,8)9/h11H,1-10H3. The third kappa shape index (κ3) is 2.81. The summed E-state index contributed by atoms with van der Waals surface area (Å²) >= 11 is 0. The van der Waals surface area contributed by atoms with E-state index in [-0.39, 0.29) is 16.2 Å². The molecule has 0 unspecified atom stereocenters. The SMILES string of the molecule is Cn1c(C(C)(C)C)cc(C(C)(C)C)c1C(C)(C)C. The molecule has 0 radical (unpaired) electrons. The van der Waals surface area contributed by atoms with E-state index in [4.69, 9.17) is 0 Å². The molecule has 0 spiro atoms. The Morgan fingerprint density at radius 1 is 0.722 bits per heavy atom. The van der Waals surface area contributed by atoms with Crippen molar-refractivity contribution in [3.05, 3.63) is 23.0 Å². The largest absolute Gasteiger partial charge is 0.350 e. The summed E-state index contributed by atoms with van der Waals surface area (Å²) in [5.41, 5.74) is 4.96. The summed E-state index contributed by atoms with van der Waals surface area (Å²) in [7, 11) is 2.22. The molecule has 18 heavy (non-hydrogen) atoms. The summed E-state index contributed by atoms with van der Waals surface area (Å²) < 4.78 is 2.42. The van der Waals surface area contributed by atoms with Crippen molar-refractivity contribution in [2.45, 2.75) is 78.6 Å². The van der Waals surface area contributed by atoms with E-state index in [9.17, 15) is 0 Å². The zero-order valence-electron chi connectivity index (χ0n) is 14.0. The van der Waals surface area contributed by atoms with Crippen molar-refractivity contribution in [1.29, 1.82) is 0 Å². The second-order valence-corrected chi connectivity index (χ2v) is 8.60. The molecule has 0 aliphatic rings. The quantitative estimate of drug-likeness (QED) is 0.615. The van der Waals surface area contributed by atoms with Crippen LogP contribution in [0.4, 0.5) is 0 Å². The van der Waals surface area contributed by atoms with Crippen LogP contribution in [-0.4, -0.2) is 4.57 Å². The van der Waals surface area contributed by atoms with Gasteiger partial charge in [0.25, 0.3) is 0 Å². The second kappa shape index (κ2) is 4.15. The molecule has 0 bridgehead atoms. The van der Waals surface area contributed by atoms with E-state index < -0.39 is 0 Å². The lowest BCUT2D eigenvalue weighted by Crippen LogP contribution is -2.24. The van der Waals surface area contributed by atoms with Gasteiger partial charge in [-0.2, -0.15) is 0 Å². The molecule has 1 heteroatoms. The van der Waals surface area contributed by atoms with Gasteiger partial charge in [-0.15, -0.1) is 0 Å². The van der Waals surface area contributed by atoms with E-state index in [1.807, 2.05) is 0 Å². The van der Waals surface area contributed by atoms with Gasteiger partial charge in [-0.05, 0) is 17.0 Å². The highest BCUT2D eigenvalue weighted by atomic mass is 15.0.